The van der Waals surface area contributed by atoms with Crippen LogP contribution in [0, 0.1) is 0 Å². The molecule has 1 amide bonds. The Morgan fingerprint density at radius 3 is 2.08 bits per heavy atom. The summed E-state index contributed by atoms with van der Waals surface area (Å²) in [7, 11) is -2.20. The van der Waals surface area contributed by atoms with Crippen molar-refractivity contribution in [3.05, 3.63) is 54.1 Å². The second-order valence-electron chi connectivity index (χ2n) is 6.88. The number of sulfonamides is 1. The monoisotopic (exact) mass is 376 g/mol. The lowest BCUT2D eigenvalue weighted by Gasteiger charge is -2.19. The zero-order valence-corrected chi connectivity index (χ0v) is 16.2. The molecule has 6 nitrogen and oxygen atoms in total. The summed E-state index contributed by atoms with van der Waals surface area (Å²) in [5, 5.41) is 2.62. The average Bonchev–Trinajstić information content (AvgIpc) is 2.60. The largest absolute Gasteiger partial charge is 0.497 e. The maximum Gasteiger partial charge on any atom is 0.241 e. The lowest BCUT2D eigenvalue weighted by atomic mass is 9.87. The van der Waals surface area contributed by atoms with Crippen LogP contribution in [0.15, 0.2) is 53.4 Å². The van der Waals surface area contributed by atoms with E-state index in [1.807, 2.05) is 0 Å². The molecule has 0 atom stereocenters. The van der Waals surface area contributed by atoms with E-state index in [-0.39, 0.29) is 16.9 Å². The highest BCUT2D eigenvalue weighted by molar-refractivity contribution is 7.89. The van der Waals surface area contributed by atoms with Gasteiger partial charge in [-0.25, -0.2) is 13.1 Å². The van der Waals surface area contributed by atoms with E-state index < -0.39 is 15.9 Å². The molecule has 0 spiro atoms. The molecular formula is C19H24N2O4S. The van der Waals surface area contributed by atoms with Crippen LogP contribution < -0.4 is 14.8 Å². The van der Waals surface area contributed by atoms with Gasteiger partial charge in [0.1, 0.15) is 5.75 Å². The van der Waals surface area contributed by atoms with E-state index in [1.165, 1.54) is 0 Å². The van der Waals surface area contributed by atoms with Crippen molar-refractivity contribution < 1.29 is 17.9 Å². The third-order valence-electron chi connectivity index (χ3n) is 3.83. The van der Waals surface area contributed by atoms with Crippen molar-refractivity contribution >= 4 is 21.6 Å². The van der Waals surface area contributed by atoms with Crippen LogP contribution >= 0.6 is 0 Å². The number of hydrogen-bond donors (Lipinski definition) is 2. The summed E-state index contributed by atoms with van der Waals surface area (Å²) in [5.41, 5.74) is 1.53. The van der Waals surface area contributed by atoms with Gasteiger partial charge in [-0.05, 0) is 47.4 Å². The first-order chi connectivity index (χ1) is 12.1. The number of anilines is 1. The van der Waals surface area contributed by atoms with Crippen molar-refractivity contribution in [3.8, 4) is 5.75 Å². The van der Waals surface area contributed by atoms with E-state index in [0.29, 0.717) is 11.4 Å². The minimum Gasteiger partial charge on any atom is -0.497 e. The quantitative estimate of drug-likeness (QED) is 0.812. The van der Waals surface area contributed by atoms with Gasteiger partial charge in [-0.1, -0.05) is 32.9 Å². The van der Waals surface area contributed by atoms with E-state index in [4.69, 9.17) is 4.74 Å². The molecule has 0 aromatic heterocycles. The third-order valence-corrected chi connectivity index (χ3v) is 5.24. The number of nitrogens with one attached hydrogen (secondary N) is 2. The van der Waals surface area contributed by atoms with Gasteiger partial charge >= 0.3 is 0 Å². The SMILES string of the molecule is COc1ccc(NC(=O)CNS(=O)(=O)c2ccc(C(C)(C)C)cc2)cc1. The summed E-state index contributed by atoms with van der Waals surface area (Å²) in [6.45, 7) is 5.81. The molecule has 0 bridgehead atoms. The summed E-state index contributed by atoms with van der Waals surface area (Å²) in [6, 6.07) is 13.4. The van der Waals surface area contributed by atoms with Gasteiger partial charge < -0.3 is 10.1 Å². The van der Waals surface area contributed by atoms with E-state index in [9.17, 15) is 13.2 Å². The highest BCUT2D eigenvalue weighted by Gasteiger charge is 2.18. The van der Waals surface area contributed by atoms with Gasteiger partial charge in [0.25, 0.3) is 0 Å². The van der Waals surface area contributed by atoms with Gasteiger partial charge in [0.05, 0.1) is 18.6 Å². The van der Waals surface area contributed by atoms with Crippen molar-refractivity contribution in [2.24, 2.45) is 0 Å². The molecular weight excluding hydrogens is 352 g/mol. The van der Waals surface area contributed by atoms with Gasteiger partial charge in [-0.2, -0.15) is 0 Å². The molecule has 7 heteroatoms. The summed E-state index contributed by atoms with van der Waals surface area (Å²) < 4.78 is 32.0. The van der Waals surface area contributed by atoms with E-state index in [0.717, 1.165) is 5.56 Å². The van der Waals surface area contributed by atoms with Gasteiger partial charge in [0.15, 0.2) is 0 Å². The minimum atomic E-state index is -3.75. The number of methoxy groups -OCH3 is 1. The Morgan fingerprint density at radius 1 is 1.00 bits per heavy atom. The second kappa shape index (κ2) is 7.88. The molecule has 140 valence electrons. The third kappa shape index (κ3) is 5.31. The summed E-state index contributed by atoms with van der Waals surface area (Å²) in [5.74, 6) is 0.215. The van der Waals surface area contributed by atoms with Gasteiger partial charge in [0, 0.05) is 5.69 Å². The lowest BCUT2D eigenvalue weighted by Crippen LogP contribution is -2.32. The van der Waals surface area contributed by atoms with Crippen molar-refractivity contribution in [1.29, 1.82) is 0 Å². The molecule has 0 unspecified atom stereocenters. The summed E-state index contributed by atoms with van der Waals surface area (Å²) in [6.07, 6.45) is 0. The Kier molecular flexibility index (Phi) is 6.05. The topological polar surface area (TPSA) is 84.5 Å². The predicted molar refractivity (Wildman–Crippen MR) is 102 cm³/mol. The van der Waals surface area contributed by atoms with Crippen LogP contribution in [0.3, 0.4) is 0 Å². The Morgan fingerprint density at radius 2 is 1.58 bits per heavy atom. The second-order valence-corrected chi connectivity index (χ2v) is 8.64. The van der Waals surface area contributed by atoms with Crippen LogP contribution in [0.25, 0.3) is 0 Å². The van der Waals surface area contributed by atoms with Gasteiger partial charge in [-0.3, -0.25) is 4.79 Å². The van der Waals surface area contributed by atoms with Crippen LogP contribution in [0.4, 0.5) is 5.69 Å². The molecule has 0 aliphatic carbocycles. The molecule has 26 heavy (non-hydrogen) atoms. The smallest absolute Gasteiger partial charge is 0.241 e. The molecule has 0 fully saturated rings. The Balaban J connectivity index is 1.97. The number of hydrogen-bond acceptors (Lipinski definition) is 4. The average molecular weight is 376 g/mol. The molecule has 2 N–H and O–H groups in total. The summed E-state index contributed by atoms with van der Waals surface area (Å²) in [4.78, 5) is 12.1. The maximum atomic E-state index is 12.3. The van der Waals surface area contributed by atoms with Crippen molar-refractivity contribution in [3.63, 3.8) is 0 Å². The van der Waals surface area contributed by atoms with Crippen LogP contribution in [-0.2, 0) is 20.2 Å². The van der Waals surface area contributed by atoms with Crippen molar-refractivity contribution in [2.75, 3.05) is 19.0 Å². The molecule has 0 aliphatic heterocycles. The highest BCUT2D eigenvalue weighted by atomic mass is 32.2. The standard InChI is InChI=1S/C19H24N2O4S/c1-19(2,3)14-5-11-17(12-6-14)26(23,24)20-13-18(22)21-15-7-9-16(25-4)10-8-15/h5-12,20H,13H2,1-4H3,(H,21,22). The lowest BCUT2D eigenvalue weighted by molar-refractivity contribution is -0.115. The van der Waals surface area contributed by atoms with E-state index in [2.05, 4.69) is 30.8 Å². The Bertz CT molecular complexity index is 852. The van der Waals surface area contributed by atoms with Crippen LogP contribution in [0.2, 0.25) is 0 Å². The highest BCUT2D eigenvalue weighted by Crippen LogP contribution is 2.23. The molecule has 2 aromatic rings. The Hall–Kier alpha value is -2.38. The van der Waals surface area contributed by atoms with Crippen LogP contribution in [0.5, 0.6) is 5.75 Å². The van der Waals surface area contributed by atoms with E-state index in [1.54, 1.807) is 55.6 Å². The zero-order chi connectivity index (χ0) is 19.4. The normalized spacial score (nSPS) is 11.8. The van der Waals surface area contributed by atoms with Crippen LogP contribution in [0.1, 0.15) is 26.3 Å². The van der Waals surface area contributed by atoms with Gasteiger partial charge in [-0.15, -0.1) is 0 Å². The molecule has 0 heterocycles. The number of carbonyl (C=O) groups excluding carboxylic acids is 1. The molecule has 2 rings (SSSR count). The maximum absolute atomic E-state index is 12.3. The molecule has 0 radical (unpaired) electrons. The van der Waals surface area contributed by atoms with Crippen molar-refractivity contribution in [2.45, 2.75) is 31.1 Å². The first-order valence-electron chi connectivity index (χ1n) is 8.16. The summed E-state index contributed by atoms with van der Waals surface area (Å²) >= 11 is 0. The molecule has 0 saturated carbocycles. The fourth-order valence-corrected chi connectivity index (χ4v) is 3.24. The minimum absolute atomic E-state index is 0.0615. The predicted octanol–water partition coefficient (Wildman–Crippen LogP) is 2.91. The number of carbonyl (C=O) groups is 1. The number of rotatable bonds is 6. The van der Waals surface area contributed by atoms with Gasteiger partial charge in [0.2, 0.25) is 15.9 Å². The fraction of sp³-hybridized carbons (Fsp3) is 0.316. The molecule has 2 aromatic carbocycles. The number of amides is 1. The fourth-order valence-electron chi connectivity index (χ4n) is 2.26. The molecule has 0 saturated heterocycles. The van der Waals surface area contributed by atoms with Crippen LogP contribution in [-0.4, -0.2) is 28.0 Å². The Labute approximate surface area is 154 Å². The first kappa shape index (κ1) is 19.9. The van der Waals surface area contributed by atoms with Crippen molar-refractivity contribution in [1.82, 2.24) is 4.72 Å². The molecule has 0 aliphatic rings. The number of ether oxygens (including phenoxy) is 1. The van der Waals surface area contributed by atoms with E-state index >= 15 is 0 Å². The number of benzene rings is 2. The first-order valence-corrected chi connectivity index (χ1v) is 9.64. The zero-order valence-electron chi connectivity index (χ0n) is 15.4.